The summed E-state index contributed by atoms with van der Waals surface area (Å²) in [6, 6.07) is 21.5. The summed E-state index contributed by atoms with van der Waals surface area (Å²) in [6.07, 6.45) is -1.20. The van der Waals surface area contributed by atoms with Gasteiger partial charge < -0.3 is 5.11 Å². The monoisotopic (exact) mass is 291 g/mol. The molecule has 0 saturated carbocycles. The summed E-state index contributed by atoms with van der Waals surface area (Å²) in [4.78, 5) is 0. The van der Waals surface area contributed by atoms with Crippen LogP contribution in [-0.2, 0) is 0 Å². The molecule has 0 aliphatic rings. The summed E-state index contributed by atoms with van der Waals surface area (Å²) in [5, 5.41) is 21.9. The number of hydrogen-bond acceptors (Lipinski definition) is 2. The summed E-state index contributed by atoms with van der Waals surface area (Å²) in [6.45, 7) is 0. The van der Waals surface area contributed by atoms with Crippen molar-refractivity contribution in [1.82, 2.24) is 0 Å². The van der Waals surface area contributed by atoms with Gasteiger partial charge in [0.2, 0.25) is 0 Å². The van der Waals surface area contributed by atoms with Crippen LogP contribution in [0.5, 0.6) is 0 Å². The molecule has 108 valence electrons. The molecule has 2 atom stereocenters. The molecule has 2 nitrogen and oxygen atoms in total. The van der Waals surface area contributed by atoms with Crippen LogP contribution < -0.4 is 0 Å². The molecule has 0 aromatic heterocycles. The van der Waals surface area contributed by atoms with Crippen molar-refractivity contribution in [2.24, 2.45) is 0 Å². The minimum Gasteiger partial charge on any atom is -0.387 e. The van der Waals surface area contributed by atoms with Gasteiger partial charge in [0.05, 0.1) is 6.07 Å². The molecule has 22 heavy (non-hydrogen) atoms. The molecule has 0 aliphatic carbocycles. The summed E-state index contributed by atoms with van der Waals surface area (Å²) in [7, 11) is 0. The lowest BCUT2D eigenvalue weighted by atomic mass is 9.89. The maximum atomic E-state index is 13.8. The van der Waals surface area contributed by atoms with Crippen LogP contribution >= 0.6 is 0 Å². The Bertz CT molecular complexity index is 853. The van der Waals surface area contributed by atoms with Crippen molar-refractivity contribution in [3.63, 3.8) is 0 Å². The number of rotatable bonds is 3. The zero-order valence-corrected chi connectivity index (χ0v) is 11.8. The number of aliphatic hydroxyl groups excluding tert-OH is 1. The van der Waals surface area contributed by atoms with E-state index in [0.29, 0.717) is 5.56 Å². The molecule has 3 heteroatoms. The quantitative estimate of drug-likeness (QED) is 0.781. The van der Waals surface area contributed by atoms with Crippen LogP contribution in [0.25, 0.3) is 10.8 Å². The third-order valence-electron chi connectivity index (χ3n) is 3.81. The molecular weight excluding hydrogens is 277 g/mol. The van der Waals surface area contributed by atoms with Crippen LogP contribution in [0.15, 0.2) is 66.7 Å². The number of fused-ring (bicyclic) bond motifs is 1. The van der Waals surface area contributed by atoms with Gasteiger partial charge >= 0.3 is 0 Å². The summed E-state index contributed by atoms with van der Waals surface area (Å²) < 4.78 is 13.8. The molecule has 3 aromatic rings. The van der Waals surface area contributed by atoms with Crippen molar-refractivity contribution in [3.05, 3.63) is 83.7 Å². The van der Waals surface area contributed by atoms with Crippen molar-refractivity contribution in [3.8, 4) is 6.07 Å². The molecule has 0 fully saturated rings. The summed E-state index contributed by atoms with van der Waals surface area (Å²) in [5.41, 5.74) is 0.819. The normalized spacial score (nSPS) is 13.5. The molecule has 0 spiro atoms. The molecule has 0 radical (unpaired) electrons. The van der Waals surface area contributed by atoms with Crippen molar-refractivity contribution < 1.29 is 9.50 Å². The van der Waals surface area contributed by atoms with E-state index in [4.69, 9.17) is 0 Å². The number of nitriles is 1. The smallest absolute Gasteiger partial charge is 0.129 e. The van der Waals surface area contributed by atoms with Crippen molar-refractivity contribution in [2.75, 3.05) is 0 Å². The van der Waals surface area contributed by atoms with E-state index in [1.54, 1.807) is 18.2 Å². The van der Waals surface area contributed by atoms with E-state index in [1.807, 2.05) is 36.4 Å². The minimum absolute atomic E-state index is 0.141. The van der Waals surface area contributed by atoms with Crippen molar-refractivity contribution in [1.29, 1.82) is 5.26 Å². The zero-order valence-electron chi connectivity index (χ0n) is 11.8. The Balaban J connectivity index is 2.03. The Morgan fingerprint density at radius 2 is 1.59 bits per heavy atom. The van der Waals surface area contributed by atoms with Gasteiger partial charge in [0.25, 0.3) is 0 Å². The number of hydrogen-bond donors (Lipinski definition) is 1. The van der Waals surface area contributed by atoms with E-state index < -0.39 is 17.8 Å². The SMILES string of the molecule is N#CC(c1ccc2ccccc2c1)C(O)c1ccccc1F. The molecule has 0 aliphatic heterocycles. The Kier molecular flexibility index (Phi) is 3.86. The Labute approximate surface area is 128 Å². The van der Waals surface area contributed by atoms with Gasteiger partial charge in [0.1, 0.15) is 17.8 Å². The van der Waals surface area contributed by atoms with Gasteiger partial charge in [-0.1, -0.05) is 54.6 Å². The van der Waals surface area contributed by atoms with Gasteiger partial charge in [-0.15, -0.1) is 0 Å². The van der Waals surface area contributed by atoms with E-state index >= 15 is 0 Å². The van der Waals surface area contributed by atoms with Gasteiger partial charge in [0.15, 0.2) is 0 Å². The molecule has 2 unspecified atom stereocenters. The van der Waals surface area contributed by atoms with Gasteiger partial charge in [0, 0.05) is 5.56 Å². The molecule has 3 aromatic carbocycles. The number of halogens is 1. The van der Waals surface area contributed by atoms with E-state index in [9.17, 15) is 14.8 Å². The largest absolute Gasteiger partial charge is 0.387 e. The lowest BCUT2D eigenvalue weighted by molar-refractivity contribution is 0.159. The summed E-state index contributed by atoms with van der Waals surface area (Å²) >= 11 is 0. The first kappa shape index (κ1) is 14.2. The number of nitrogens with zero attached hydrogens (tertiary/aromatic N) is 1. The van der Waals surface area contributed by atoms with Crippen molar-refractivity contribution >= 4 is 10.8 Å². The van der Waals surface area contributed by atoms with Gasteiger partial charge in [-0.3, -0.25) is 0 Å². The Morgan fingerprint density at radius 1 is 0.909 bits per heavy atom. The molecule has 0 bridgehead atoms. The van der Waals surface area contributed by atoms with E-state index in [-0.39, 0.29) is 5.56 Å². The van der Waals surface area contributed by atoms with E-state index in [0.717, 1.165) is 10.8 Å². The predicted octanol–water partition coefficient (Wildman–Crippen LogP) is 4.32. The molecular formula is C19H14FNO. The number of aliphatic hydroxyl groups is 1. The number of benzene rings is 3. The Morgan fingerprint density at radius 3 is 2.32 bits per heavy atom. The second kappa shape index (κ2) is 5.97. The predicted molar refractivity (Wildman–Crippen MR) is 83.7 cm³/mol. The first-order valence-corrected chi connectivity index (χ1v) is 7.01. The van der Waals surface area contributed by atoms with Gasteiger partial charge in [-0.25, -0.2) is 4.39 Å². The van der Waals surface area contributed by atoms with Crippen LogP contribution in [0.4, 0.5) is 4.39 Å². The third-order valence-corrected chi connectivity index (χ3v) is 3.81. The van der Waals surface area contributed by atoms with Crippen molar-refractivity contribution in [2.45, 2.75) is 12.0 Å². The second-order valence-electron chi connectivity index (χ2n) is 5.18. The second-order valence-corrected chi connectivity index (χ2v) is 5.18. The van der Waals surface area contributed by atoms with Crippen LogP contribution in [0.1, 0.15) is 23.1 Å². The highest BCUT2D eigenvalue weighted by molar-refractivity contribution is 5.83. The van der Waals surface area contributed by atoms with E-state index in [1.165, 1.54) is 12.1 Å². The van der Waals surface area contributed by atoms with E-state index in [2.05, 4.69) is 6.07 Å². The molecule has 0 saturated heterocycles. The van der Waals surface area contributed by atoms with Crippen LogP contribution in [0, 0.1) is 17.1 Å². The summed E-state index contributed by atoms with van der Waals surface area (Å²) in [5.74, 6) is -1.32. The highest BCUT2D eigenvalue weighted by Crippen LogP contribution is 2.33. The maximum Gasteiger partial charge on any atom is 0.129 e. The van der Waals surface area contributed by atoms with Crippen LogP contribution in [-0.4, -0.2) is 5.11 Å². The highest BCUT2D eigenvalue weighted by Gasteiger charge is 2.25. The fourth-order valence-electron chi connectivity index (χ4n) is 2.62. The molecule has 0 amide bonds. The van der Waals surface area contributed by atoms with Gasteiger partial charge in [-0.05, 0) is 28.5 Å². The standard InChI is InChI=1S/C19H14FNO/c20-18-8-4-3-7-16(18)19(22)17(12-21)15-10-9-13-5-1-2-6-14(13)11-15/h1-11,17,19,22H. The average Bonchev–Trinajstić information content (AvgIpc) is 2.55. The molecule has 0 heterocycles. The zero-order chi connectivity index (χ0) is 15.5. The first-order chi connectivity index (χ1) is 10.7. The topological polar surface area (TPSA) is 44.0 Å². The lowest BCUT2D eigenvalue weighted by Crippen LogP contribution is -2.11. The van der Waals surface area contributed by atoms with Crippen LogP contribution in [0.3, 0.4) is 0 Å². The minimum atomic E-state index is -1.20. The fraction of sp³-hybridized carbons (Fsp3) is 0.105. The average molecular weight is 291 g/mol. The third kappa shape index (κ3) is 2.57. The fourth-order valence-corrected chi connectivity index (χ4v) is 2.62. The molecule has 1 N–H and O–H groups in total. The first-order valence-electron chi connectivity index (χ1n) is 7.01. The highest BCUT2D eigenvalue weighted by atomic mass is 19.1. The van der Waals surface area contributed by atoms with Crippen LogP contribution in [0.2, 0.25) is 0 Å². The Hall–Kier alpha value is -2.70. The lowest BCUT2D eigenvalue weighted by Gasteiger charge is -2.18. The molecule has 3 rings (SSSR count). The van der Waals surface area contributed by atoms with Gasteiger partial charge in [-0.2, -0.15) is 5.26 Å². The maximum absolute atomic E-state index is 13.8.